The van der Waals surface area contributed by atoms with Crippen molar-refractivity contribution < 1.29 is 19.0 Å². The Balaban J connectivity index is 1.68. The fraction of sp³-hybridized carbons (Fsp3) is 0.0909. The van der Waals surface area contributed by atoms with Crippen LogP contribution in [0.5, 0.6) is 17.2 Å². The second-order valence-corrected chi connectivity index (χ2v) is 7.00. The highest BCUT2D eigenvalue weighted by Crippen LogP contribution is 2.36. The minimum atomic E-state index is -0.495. The van der Waals surface area contributed by atoms with Gasteiger partial charge in [-0.3, -0.25) is 0 Å². The van der Waals surface area contributed by atoms with Crippen LogP contribution in [0.25, 0.3) is 20.8 Å². The van der Waals surface area contributed by atoms with E-state index >= 15 is 0 Å². The Labute approximate surface area is 166 Å². The number of ether oxygens (including phenoxy) is 3. The van der Waals surface area contributed by atoms with Gasteiger partial charge in [-0.1, -0.05) is 24.3 Å². The van der Waals surface area contributed by atoms with Gasteiger partial charge in [0.15, 0.2) is 0 Å². The molecule has 4 rings (SSSR count). The van der Waals surface area contributed by atoms with E-state index in [1.807, 2.05) is 42.5 Å². The lowest BCUT2D eigenvalue weighted by Gasteiger charge is -2.10. The Hall–Kier alpha value is -3.38. The number of esters is 1. The quantitative estimate of drug-likeness (QED) is 0.346. The number of benzene rings is 3. The first kappa shape index (κ1) is 18.0. The number of hydrogen-bond donors (Lipinski definition) is 0. The number of thiazole rings is 1. The summed E-state index contributed by atoms with van der Waals surface area (Å²) in [7, 11) is 3.07. The van der Waals surface area contributed by atoms with E-state index in [9.17, 15) is 4.79 Å². The van der Waals surface area contributed by atoms with Gasteiger partial charge in [0.25, 0.3) is 0 Å². The van der Waals surface area contributed by atoms with Gasteiger partial charge in [0.2, 0.25) is 0 Å². The predicted octanol–water partition coefficient (Wildman–Crippen LogP) is 5.20. The number of nitrogens with zero attached hydrogens (tertiary/aromatic N) is 1. The zero-order valence-corrected chi connectivity index (χ0v) is 16.2. The van der Waals surface area contributed by atoms with Gasteiger partial charge in [-0.25, -0.2) is 9.78 Å². The highest BCUT2D eigenvalue weighted by molar-refractivity contribution is 7.21. The van der Waals surface area contributed by atoms with Crippen molar-refractivity contribution in [1.82, 2.24) is 4.98 Å². The van der Waals surface area contributed by atoms with Crippen molar-refractivity contribution >= 4 is 27.5 Å². The summed E-state index contributed by atoms with van der Waals surface area (Å²) < 4.78 is 17.2. The molecule has 1 aromatic heterocycles. The molecule has 3 aromatic carbocycles. The van der Waals surface area contributed by atoms with E-state index in [1.54, 1.807) is 35.6 Å². The molecule has 1 heterocycles. The van der Waals surface area contributed by atoms with Crippen LogP contribution in [0.3, 0.4) is 0 Å². The number of rotatable bonds is 5. The van der Waals surface area contributed by atoms with Crippen LogP contribution in [0.15, 0.2) is 66.7 Å². The molecule has 0 radical (unpaired) electrons. The molecule has 4 aromatic rings. The van der Waals surface area contributed by atoms with Crippen molar-refractivity contribution in [3.63, 3.8) is 0 Å². The van der Waals surface area contributed by atoms with Crippen molar-refractivity contribution in [2.75, 3.05) is 14.2 Å². The molecule has 0 N–H and O–H groups in total. The smallest absolute Gasteiger partial charge is 0.343 e. The van der Waals surface area contributed by atoms with Gasteiger partial charge >= 0.3 is 5.97 Å². The number of para-hydroxylation sites is 2. The van der Waals surface area contributed by atoms with Crippen molar-refractivity contribution in [1.29, 1.82) is 0 Å². The molecule has 5 nitrogen and oxygen atoms in total. The summed E-state index contributed by atoms with van der Waals surface area (Å²) in [5, 5.41) is 0.799. The molecule has 0 saturated heterocycles. The summed E-state index contributed by atoms with van der Waals surface area (Å²) in [6.45, 7) is 0. The van der Waals surface area contributed by atoms with E-state index in [1.165, 1.54) is 14.2 Å². The summed E-state index contributed by atoms with van der Waals surface area (Å²) >= 11 is 1.56. The number of carbonyl (C=O) groups excluding carboxylic acids is 1. The number of aromatic nitrogens is 1. The molecule has 0 aliphatic heterocycles. The Morgan fingerprint density at radius 3 is 2.29 bits per heavy atom. The van der Waals surface area contributed by atoms with Gasteiger partial charge in [0.1, 0.15) is 22.3 Å². The van der Waals surface area contributed by atoms with E-state index in [0.29, 0.717) is 22.8 Å². The van der Waals surface area contributed by atoms with Crippen molar-refractivity contribution in [2.24, 2.45) is 0 Å². The first-order valence-electron chi connectivity index (χ1n) is 8.58. The molecular formula is C22H17NO4S. The van der Waals surface area contributed by atoms with Crippen LogP contribution in [0, 0.1) is 0 Å². The fourth-order valence-electron chi connectivity index (χ4n) is 2.80. The molecule has 0 saturated carbocycles. The molecule has 140 valence electrons. The van der Waals surface area contributed by atoms with Crippen molar-refractivity contribution in [3.8, 4) is 27.8 Å². The highest BCUT2D eigenvalue weighted by Gasteiger charge is 2.17. The molecule has 0 aliphatic carbocycles. The summed E-state index contributed by atoms with van der Waals surface area (Å²) in [4.78, 5) is 17.4. The van der Waals surface area contributed by atoms with Gasteiger partial charge < -0.3 is 14.2 Å². The molecule has 0 fully saturated rings. The Bertz CT molecular complexity index is 1100. The first-order chi connectivity index (χ1) is 13.7. The van der Waals surface area contributed by atoms with Gasteiger partial charge in [0.05, 0.1) is 35.6 Å². The second-order valence-electron chi connectivity index (χ2n) is 5.97. The van der Waals surface area contributed by atoms with Gasteiger partial charge in [-0.15, -0.1) is 11.3 Å². The van der Waals surface area contributed by atoms with E-state index in [2.05, 4.69) is 4.98 Å². The molecule has 0 unspecified atom stereocenters. The third-order valence-electron chi connectivity index (χ3n) is 4.20. The molecule has 0 atom stereocenters. The van der Waals surface area contributed by atoms with E-state index in [-0.39, 0.29) is 0 Å². The summed E-state index contributed by atoms with van der Waals surface area (Å²) in [5.74, 6) is 0.996. The number of carbonyl (C=O) groups is 1. The Morgan fingerprint density at radius 2 is 1.57 bits per heavy atom. The summed E-state index contributed by atoms with van der Waals surface area (Å²) in [5.41, 5.74) is 2.03. The maximum absolute atomic E-state index is 12.8. The lowest BCUT2D eigenvalue weighted by atomic mass is 10.2. The van der Waals surface area contributed by atoms with Crippen LogP contribution in [-0.2, 0) is 0 Å². The molecular weight excluding hydrogens is 374 g/mol. The summed E-state index contributed by atoms with van der Waals surface area (Å²) in [6, 6.07) is 20.2. The van der Waals surface area contributed by atoms with E-state index in [0.717, 1.165) is 20.8 Å². The fourth-order valence-corrected chi connectivity index (χ4v) is 3.80. The second kappa shape index (κ2) is 7.70. The number of hydrogen-bond acceptors (Lipinski definition) is 6. The average Bonchev–Trinajstić information content (AvgIpc) is 3.17. The third-order valence-corrected chi connectivity index (χ3v) is 5.27. The van der Waals surface area contributed by atoms with E-state index in [4.69, 9.17) is 14.2 Å². The SMILES string of the molecule is COc1cc(OC)cc(C(=O)Oc2ccccc2-c2nc3ccccc3s2)c1. The Morgan fingerprint density at radius 1 is 0.893 bits per heavy atom. The van der Waals surface area contributed by atoms with Crippen LogP contribution in [0.1, 0.15) is 10.4 Å². The van der Waals surface area contributed by atoms with Crippen LogP contribution in [0.2, 0.25) is 0 Å². The zero-order chi connectivity index (χ0) is 19.5. The molecule has 0 amide bonds. The maximum atomic E-state index is 12.8. The van der Waals surface area contributed by atoms with Crippen LogP contribution < -0.4 is 14.2 Å². The molecule has 0 aliphatic rings. The first-order valence-corrected chi connectivity index (χ1v) is 9.40. The monoisotopic (exact) mass is 391 g/mol. The number of fused-ring (bicyclic) bond motifs is 1. The average molecular weight is 391 g/mol. The molecule has 0 spiro atoms. The van der Waals surface area contributed by atoms with Crippen LogP contribution in [0.4, 0.5) is 0 Å². The normalized spacial score (nSPS) is 10.6. The van der Waals surface area contributed by atoms with Gasteiger partial charge in [-0.05, 0) is 36.4 Å². The third kappa shape index (κ3) is 3.54. The maximum Gasteiger partial charge on any atom is 0.343 e. The van der Waals surface area contributed by atoms with E-state index < -0.39 is 5.97 Å². The Kier molecular flexibility index (Phi) is 4.95. The molecule has 0 bridgehead atoms. The van der Waals surface area contributed by atoms with Crippen molar-refractivity contribution in [2.45, 2.75) is 0 Å². The molecule has 6 heteroatoms. The minimum absolute atomic E-state index is 0.343. The van der Waals surface area contributed by atoms with Gasteiger partial charge in [-0.2, -0.15) is 0 Å². The highest BCUT2D eigenvalue weighted by atomic mass is 32.1. The summed E-state index contributed by atoms with van der Waals surface area (Å²) in [6.07, 6.45) is 0. The molecule has 28 heavy (non-hydrogen) atoms. The number of methoxy groups -OCH3 is 2. The standard InChI is InChI=1S/C22H17NO4S/c1-25-15-11-14(12-16(13-15)26-2)22(24)27-19-9-5-3-7-17(19)21-23-18-8-4-6-10-20(18)28-21/h3-13H,1-2H3. The largest absolute Gasteiger partial charge is 0.497 e. The van der Waals surface area contributed by atoms with Crippen molar-refractivity contribution in [3.05, 3.63) is 72.3 Å². The topological polar surface area (TPSA) is 57.7 Å². The lowest BCUT2D eigenvalue weighted by Crippen LogP contribution is -2.09. The van der Waals surface area contributed by atoms with Crippen LogP contribution >= 0.6 is 11.3 Å². The van der Waals surface area contributed by atoms with Crippen LogP contribution in [-0.4, -0.2) is 25.2 Å². The zero-order valence-electron chi connectivity index (χ0n) is 15.3. The predicted molar refractivity (Wildman–Crippen MR) is 110 cm³/mol. The minimum Gasteiger partial charge on any atom is -0.497 e. The lowest BCUT2D eigenvalue weighted by molar-refractivity contribution is 0.0735. The van der Waals surface area contributed by atoms with Gasteiger partial charge in [0, 0.05) is 6.07 Å².